The molecule has 1 N–H and O–H groups in total. The summed E-state index contributed by atoms with van der Waals surface area (Å²) in [6.45, 7) is -0.985. The summed E-state index contributed by atoms with van der Waals surface area (Å²) in [6, 6.07) is 11.6. The highest BCUT2D eigenvalue weighted by molar-refractivity contribution is 6.31. The van der Waals surface area contributed by atoms with Crippen LogP contribution in [0.4, 0.5) is 20.3 Å². The first-order valence-corrected chi connectivity index (χ1v) is 8.66. The predicted octanol–water partition coefficient (Wildman–Crippen LogP) is 5.12. The molecule has 4 aromatic rings. The van der Waals surface area contributed by atoms with Crippen molar-refractivity contribution < 1.29 is 13.5 Å². The van der Waals surface area contributed by atoms with E-state index in [0.717, 1.165) is 16.9 Å². The second-order valence-corrected chi connectivity index (χ2v) is 6.35. The molecule has 0 aliphatic rings. The van der Waals surface area contributed by atoms with Crippen LogP contribution >= 0.6 is 11.6 Å². The predicted molar refractivity (Wildman–Crippen MR) is 103 cm³/mol. The Bertz CT molecular complexity index is 1130. The molecule has 0 bridgehead atoms. The lowest BCUT2D eigenvalue weighted by Crippen LogP contribution is -2.04. The van der Waals surface area contributed by atoms with Gasteiger partial charge in [0, 0.05) is 10.7 Å². The van der Waals surface area contributed by atoms with E-state index in [0.29, 0.717) is 22.3 Å². The van der Waals surface area contributed by atoms with Crippen LogP contribution in [0.15, 0.2) is 54.9 Å². The zero-order valence-electron chi connectivity index (χ0n) is 14.6. The van der Waals surface area contributed by atoms with E-state index in [4.69, 9.17) is 11.6 Å². The number of aryl methyl sites for hydroxylation is 1. The van der Waals surface area contributed by atoms with Gasteiger partial charge in [-0.05, 0) is 49.4 Å². The van der Waals surface area contributed by atoms with Crippen molar-refractivity contribution >= 4 is 34.1 Å². The van der Waals surface area contributed by atoms with Crippen molar-refractivity contribution in [2.45, 2.75) is 13.5 Å². The number of imidazole rings is 1. The third kappa shape index (κ3) is 3.72. The van der Waals surface area contributed by atoms with Crippen molar-refractivity contribution in [3.05, 3.63) is 65.7 Å². The van der Waals surface area contributed by atoms with Crippen molar-refractivity contribution in [1.82, 2.24) is 19.5 Å². The molecular weight excluding hydrogens is 388 g/mol. The fraction of sp³-hybridized carbons (Fsp3) is 0.105. The van der Waals surface area contributed by atoms with E-state index < -0.39 is 6.61 Å². The van der Waals surface area contributed by atoms with Crippen LogP contribution in [-0.2, 0) is 0 Å². The maximum atomic E-state index is 12.2. The van der Waals surface area contributed by atoms with E-state index in [-0.39, 0.29) is 5.75 Å². The van der Waals surface area contributed by atoms with Gasteiger partial charge in [-0.1, -0.05) is 11.6 Å². The van der Waals surface area contributed by atoms with E-state index in [1.54, 1.807) is 36.7 Å². The van der Waals surface area contributed by atoms with Gasteiger partial charge in [-0.3, -0.25) is 9.55 Å². The largest absolute Gasteiger partial charge is 0.435 e. The summed E-state index contributed by atoms with van der Waals surface area (Å²) < 4.78 is 30.7. The monoisotopic (exact) mass is 401 g/mol. The van der Waals surface area contributed by atoms with E-state index in [2.05, 4.69) is 25.0 Å². The Labute approximate surface area is 163 Å². The Balaban J connectivity index is 1.63. The van der Waals surface area contributed by atoms with Gasteiger partial charge in [-0.15, -0.1) is 0 Å². The van der Waals surface area contributed by atoms with Gasteiger partial charge in [0.05, 0.1) is 23.4 Å². The smallest absolute Gasteiger partial charge is 0.387 e. The molecule has 2 aromatic carbocycles. The van der Waals surface area contributed by atoms with Crippen molar-refractivity contribution in [3.8, 4) is 11.6 Å². The number of hydrogen-bond acceptors (Lipinski definition) is 5. The maximum absolute atomic E-state index is 12.2. The molecular formula is C19H14ClF2N5O. The number of hydrogen-bond donors (Lipinski definition) is 1. The molecule has 4 rings (SSSR count). The molecule has 0 aliphatic carbocycles. The molecule has 0 fully saturated rings. The standard InChI is InChI=1S/C19H14ClF2N5O/c1-11-24-15-8-12(20)2-7-16(15)27(11)18-10-23-9-17(26-18)25-13-3-5-14(6-4-13)28-19(21)22/h2-10,19H,1H3,(H,25,26). The summed E-state index contributed by atoms with van der Waals surface area (Å²) in [5.41, 5.74) is 2.29. The molecule has 6 nitrogen and oxygen atoms in total. The van der Waals surface area contributed by atoms with Crippen molar-refractivity contribution in [3.63, 3.8) is 0 Å². The number of fused-ring (bicyclic) bond motifs is 1. The second-order valence-electron chi connectivity index (χ2n) is 5.92. The molecule has 0 saturated heterocycles. The van der Waals surface area contributed by atoms with Gasteiger partial charge in [-0.2, -0.15) is 8.78 Å². The molecule has 0 atom stereocenters. The van der Waals surface area contributed by atoms with Crippen LogP contribution in [0, 0.1) is 6.92 Å². The number of nitrogens with zero attached hydrogens (tertiary/aromatic N) is 4. The summed E-state index contributed by atoms with van der Waals surface area (Å²) in [7, 11) is 0. The molecule has 28 heavy (non-hydrogen) atoms. The third-order valence-corrected chi connectivity index (χ3v) is 4.22. The summed E-state index contributed by atoms with van der Waals surface area (Å²) in [5.74, 6) is 1.91. The van der Waals surface area contributed by atoms with Crippen molar-refractivity contribution in [1.29, 1.82) is 0 Å². The number of aromatic nitrogens is 4. The fourth-order valence-electron chi connectivity index (χ4n) is 2.85. The second kappa shape index (κ2) is 7.40. The summed E-state index contributed by atoms with van der Waals surface area (Å²) >= 11 is 6.04. The molecule has 0 amide bonds. The number of halogens is 3. The average molecular weight is 402 g/mol. The molecule has 2 heterocycles. The molecule has 2 aromatic heterocycles. The molecule has 0 aliphatic heterocycles. The highest BCUT2D eigenvalue weighted by atomic mass is 35.5. The number of nitrogens with one attached hydrogen (secondary N) is 1. The maximum Gasteiger partial charge on any atom is 0.387 e. The Morgan fingerprint density at radius 2 is 1.86 bits per heavy atom. The van der Waals surface area contributed by atoms with Gasteiger partial charge in [0.15, 0.2) is 11.6 Å². The first-order valence-electron chi connectivity index (χ1n) is 8.28. The van der Waals surface area contributed by atoms with Gasteiger partial charge < -0.3 is 10.1 Å². The molecule has 0 saturated carbocycles. The van der Waals surface area contributed by atoms with E-state index in [1.165, 1.54) is 12.1 Å². The molecule has 0 spiro atoms. The van der Waals surface area contributed by atoms with Crippen molar-refractivity contribution in [2.24, 2.45) is 0 Å². The Kier molecular flexibility index (Phi) is 4.79. The summed E-state index contributed by atoms with van der Waals surface area (Å²) in [4.78, 5) is 13.3. The summed E-state index contributed by atoms with van der Waals surface area (Å²) in [5, 5.41) is 3.70. The van der Waals surface area contributed by atoms with Crippen LogP contribution in [0.3, 0.4) is 0 Å². The van der Waals surface area contributed by atoms with E-state index in [9.17, 15) is 8.78 Å². The normalized spacial score (nSPS) is 11.2. The Hall–Kier alpha value is -3.26. The van der Waals surface area contributed by atoms with Gasteiger partial charge in [-0.25, -0.2) is 9.97 Å². The first kappa shape index (κ1) is 18.1. The van der Waals surface area contributed by atoms with Gasteiger partial charge in [0.2, 0.25) is 0 Å². The lowest BCUT2D eigenvalue weighted by atomic mass is 10.3. The van der Waals surface area contributed by atoms with Crippen LogP contribution in [-0.4, -0.2) is 26.1 Å². The lowest BCUT2D eigenvalue weighted by molar-refractivity contribution is -0.0498. The number of rotatable bonds is 5. The molecule has 0 radical (unpaired) electrons. The van der Waals surface area contributed by atoms with Crippen LogP contribution < -0.4 is 10.1 Å². The number of ether oxygens (including phenoxy) is 1. The first-order chi connectivity index (χ1) is 13.5. The zero-order valence-corrected chi connectivity index (χ0v) is 15.4. The van der Waals surface area contributed by atoms with Gasteiger partial charge >= 0.3 is 6.61 Å². The number of alkyl halides is 2. The van der Waals surface area contributed by atoms with Crippen LogP contribution in [0.25, 0.3) is 16.9 Å². The highest BCUT2D eigenvalue weighted by Crippen LogP contribution is 2.24. The lowest BCUT2D eigenvalue weighted by Gasteiger charge is -2.10. The van der Waals surface area contributed by atoms with Crippen LogP contribution in [0.5, 0.6) is 5.75 Å². The average Bonchev–Trinajstić information content (AvgIpc) is 2.98. The molecule has 9 heteroatoms. The van der Waals surface area contributed by atoms with Crippen LogP contribution in [0.2, 0.25) is 5.02 Å². The minimum absolute atomic E-state index is 0.0829. The number of benzene rings is 2. The van der Waals surface area contributed by atoms with Crippen LogP contribution in [0.1, 0.15) is 5.82 Å². The topological polar surface area (TPSA) is 64.9 Å². The SMILES string of the molecule is Cc1nc2cc(Cl)ccc2n1-c1cncc(Nc2ccc(OC(F)F)cc2)n1. The molecule has 0 unspecified atom stereocenters. The zero-order chi connectivity index (χ0) is 19.7. The van der Waals surface area contributed by atoms with E-state index >= 15 is 0 Å². The minimum Gasteiger partial charge on any atom is -0.435 e. The number of anilines is 2. The van der Waals surface area contributed by atoms with Crippen molar-refractivity contribution in [2.75, 3.05) is 5.32 Å². The van der Waals surface area contributed by atoms with Gasteiger partial charge in [0.1, 0.15) is 11.6 Å². The van der Waals surface area contributed by atoms with Gasteiger partial charge in [0.25, 0.3) is 0 Å². The highest BCUT2D eigenvalue weighted by Gasteiger charge is 2.12. The third-order valence-electron chi connectivity index (χ3n) is 3.99. The Morgan fingerprint density at radius 3 is 2.61 bits per heavy atom. The van der Waals surface area contributed by atoms with E-state index in [1.807, 2.05) is 17.6 Å². The fourth-order valence-corrected chi connectivity index (χ4v) is 3.02. The minimum atomic E-state index is -2.86. The summed E-state index contributed by atoms with van der Waals surface area (Å²) in [6.07, 6.45) is 3.20. The Morgan fingerprint density at radius 1 is 1.07 bits per heavy atom. The quantitative estimate of drug-likeness (QED) is 0.502. The molecule has 142 valence electrons.